The van der Waals surface area contributed by atoms with Gasteiger partial charge in [-0.05, 0) is 59.7 Å². The summed E-state index contributed by atoms with van der Waals surface area (Å²) in [4.78, 5) is 38.1. The van der Waals surface area contributed by atoms with Crippen LogP contribution in [0.4, 0.5) is 10.5 Å². The van der Waals surface area contributed by atoms with Gasteiger partial charge in [-0.15, -0.1) is 0 Å². The van der Waals surface area contributed by atoms with Crippen LogP contribution in [0.15, 0.2) is 24.3 Å². The molecule has 0 bridgehead atoms. The highest BCUT2D eigenvalue weighted by atomic mass is 16.2. The van der Waals surface area contributed by atoms with Gasteiger partial charge in [-0.25, -0.2) is 4.79 Å². The van der Waals surface area contributed by atoms with Gasteiger partial charge in [0.2, 0.25) is 5.91 Å². The average molecular weight is 362 g/mol. The molecule has 7 nitrogen and oxygen atoms in total. The summed E-state index contributed by atoms with van der Waals surface area (Å²) < 4.78 is 0. The summed E-state index contributed by atoms with van der Waals surface area (Å²) in [5, 5.41) is 8.27. The Morgan fingerprint density at radius 3 is 2.35 bits per heavy atom. The standard InChI is InChI=1S/C19H30N4O3/c1-7-23(12-16(24)22-19(4,5)6)17(25)14-9-8-10-15(11-14)21-18(26)20-13(2)3/h8-11,13H,7,12H2,1-6H3,(H,22,24)(H2,20,21,26). The van der Waals surface area contributed by atoms with E-state index in [4.69, 9.17) is 0 Å². The average Bonchev–Trinajstić information content (AvgIpc) is 2.49. The third-order valence-corrected chi connectivity index (χ3v) is 3.30. The van der Waals surface area contributed by atoms with E-state index in [1.807, 2.05) is 41.5 Å². The first-order valence-electron chi connectivity index (χ1n) is 8.79. The number of nitrogens with zero attached hydrogens (tertiary/aromatic N) is 1. The van der Waals surface area contributed by atoms with Gasteiger partial charge in [0, 0.05) is 29.4 Å². The van der Waals surface area contributed by atoms with E-state index >= 15 is 0 Å². The van der Waals surface area contributed by atoms with Crippen molar-refractivity contribution in [3.63, 3.8) is 0 Å². The minimum atomic E-state index is -0.354. The van der Waals surface area contributed by atoms with Crippen LogP contribution in [0.2, 0.25) is 0 Å². The molecule has 0 aromatic heterocycles. The van der Waals surface area contributed by atoms with Gasteiger partial charge in [0.15, 0.2) is 0 Å². The molecule has 26 heavy (non-hydrogen) atoms. The molecule has 0 heterocycles. The molecule has 0 unspecified atom stereocenters. The minimum absolute atomic E-state index is 0.0109. The Labute approximate surface area is 155 Å². The van der Waals surface area contributed by atoms with E-state index in [2.05, 4.69) is 16.0 Å². The number of hydrogen-bond acceptors (Lipinski definition) is 3. The Hall–Kier alpha value is -2.57. The van der Waals surface area contributed by atoms with Gasteiger partial charge in [0.25, 0.3) is 5.91 Å². The molecule has 4 amide bonds. The van der Waals surface area contributed by atoms with Crippen LogP contribution in [0, 0.1) is 0 Å². The van der Waals surface area contributed by atoms with E-state index in [-0.39, 0.29) is 36.0 Å². The van der Waals surface area contributed by atoms with Crippen molar-refractivity contribution in [3.8, 4) is 0 Å². The summed E-state index contributed by atoms with van der Waals surface area (Å²) in [5.74, 6) is -0.470. The maximum atomic E-state index is 12.7. The van der Waals surface area contributed by atoms with Crippen LogP contribution >= 0.6 is 0 Å². The highest BCUT2D eigenvalue weighted by Gasteiger charge is 2.20. The number of amides is 4. The van der Waals surface area contributed by atoms with Crippen molar-refractivity contribution >= 4 is 23.5 Å². The lowest BCUT2D eigenvalue weighted by Gasteiger charge is -2.25. The first-order chi connectivity index (χ1) is 12.0. The SMILES string of the molecule is CCN(CC(=O)NC(C)(C)C)C(=O)c1cccc(NC(=O)NC(C)C)c1. The molecule has 0 radical (unpaired) electrons. The summed E-state index contributed by atoms with van der Waals surface area (Å²) in [7, 11) is 0. The number of nitrogens with one attached hydrogen (secondary N) is 3. The van der Waals surface area contributed by atoms with E-state index < -0.39 is 0 Å². The van der Waals surface area contributed by atoms with Gasteiger partial charge in [0.1, 0.15) is 0 Å². The lowest BCUT2D eigenvalue weighted by Crippen LogP contribution is -2.47. The van der Waals surface area contributed by atoms with Crippen molar-refractivity contribution in [2.45, 2.75) is 53.1 Å². The first kappa shape index (κ1) is 21.5. The maximum Gasteiger partial charge on any atom is 0.319 e. The number of benzene rings is 1. The molecule has 0 atom stereocenters. The van der Waals surface area contributed by atoms with Crippen LogP contribution in [0.1, 0.15) is 51.9 Å². The first-order valence-corrected chi connectivity index (χ1v) is 8.79. The highest BCUT2D eigenvalue weighted by Crippen LogP contribution is 2.13. The molecule has 0 aliphatic rings. The van der Waals surface area contributed by atoms with Gasteiger partial charge >= 0.3 is 6.03 Å². The monoisotopic (exact) mass is 362 g/mol. The molecule has 144 valence electrons. The Bertz CT molecular complexity index is 650. The Balaban J connectivity index is 2.82. The fourth-order valence-electron chi connectivity index (χ4n) is 2.30. The van der Waals surface area contributed by atoms with Crippen LogP contribution in [0.25, 0.3) is 0 Å². The highest BCUT2D eigenvalue weighted by molar-refractivity contribution is 5.98. The van der Waals surface area contributed by atoms with Crippen molar-refractivity contribution in [3.05, 3.63) is 29.8 Å². The molecule has 0 aliphatic carbocycles. The summed E-state index contributed by atoms with van der Waals surface area (Å²) in [6.07, 6.45) is 0. The minimum Gasteiger partial charge on any atom is -0.350 e. The number of carbonyl (C=O) groups is 3. The summed E-state index contributed by atoms with van der Waals surface area (Å²) in [5.41, 5.74) is 0.578. The molecular weight excluding hydrogens is 332 g/mol. The molecule has 1 aromatic rings. The van der Waals surface area contributed by atoms with Gasteiger partial charge in [-0.2, -0.15) is 0 Å². The van der Waals surface area contributed by atoms with Crippen LogP contribution in [-0.4, -0.2) is 47.4 Å². The fraction of sp³-hybridized carbons (Fsp3) is 0.526. The quantitative estimate of drug-likeness (QED) is 0.726. The molecule has 7 heteroatoms. The topological polar surface area (TPSA) is 90.5 Å². The predicted octanol–water partition coefficient (Wildman–Crippen LogP) is 2.59. The Kier molecular flexibility index (Phi) is 7.61. The van der Waals surface area contributed by atoms with Crippen LogP contribution < -0.4 is 16.0 Å². The largest absolute Gasteiger partial charge is 0.350 e. The number of urea groups is 1. The molecule has 0 spiro atoms. The van der Waals surface area contributed by atoms with Crippen LogP contribution in [-0.2, 0) is 4.79 Å². The molecule has 0 fully saturated rings. The number of anilines is 1. The lowest BCUT2D eigenvalue weighted by atomic mass is 10.1. The third-order valence-electron chi connectivity index (χ3n) is 3.30. The second-order valence-corrected chi connectivity index (χ2v) is 7.45. The van der Waals surface area contributed by atoms with Gasteiger partial charge in [-0.3, -0.25) is 9.59 Å². The molecule has 1 rings (SSSR count). The third kappa shape index (κ3) is 7.55. The Morgan fingerprint density at radius 1 is 1.15 bits per heavy atom. The molecule has 1 aromatic carbocycles. The number of likely N-dealkylation sites (N-methyl/N-ethyl adjacent to an activating group) is 1. The van der Waals surface area contributed by atoms with Gasteiger partial charge < -0.3 is 20.9 Å². The van der Waals surface area contributed by atoms with Crippen molar-refractivity contribution in [1.82, 2.24) is 15.5 Å². The van der Waals surface area contributed by atoms with Crippen LogP contribution in [0.5, 0.6) is 0 Å². The van der Waals surface area contributed by atoms with Crippen molar-refractivity contribution < 1.29 is 14.4 Å². The molecule has 0 saturated carbocycles. The maximum absolute atomic E-state index is 12.7. The van der Waals surface area contributed by atoms with Crippen molar-refractivity contribution in [1.29, 1.82) is 0 Å². The molecule has 0 aliphatic heterocycles. The zero-order valence-corrected chi connectivity index (χ0v) is 16.5. The number of hydrogen-bond donors (Lipinski definition) is 3. The smallest absolute Gasteiger partial charge is 0.319 e. The number of rotatable bonds is 6. The summed E-state index contributed by atoms with van der Waals surface area (Å²) in [6.45, 7) is 11.6. The second kappa shape index (κ2) is 9.22. The van der Waals surface area contributed by atoms with E-state index in [1.165, 1.54) is 4.90 Å². The van der Waals surface area contributed by atoms with Crippen molar-refractivity contribution in [2.24, 2.45) is 0 Å². The van der Waals surface area contributed by atoms with E-state index in [0.29, 0.717) is 17.8 Å². The zero-order valence-electron chi connectivity index (χ0n) is 16.5. The molecular formula is C19H30N4O3. The summed E-state index contributed by atoms with van der Waals surface area (Å²) in [6, 6.07) is 6.35. The van der Waals surface area contributed by atoms with E-state index in [0.717, 1.165) is 0 Å². The lowest BCUT2D eigenvalue weighted by molar-refractivity contribution is -0.123. The zero-order chi connectivity index (χ0) is 19.9. The van der Waals surface area contributed by atoms with Gasteiger partial charge in [0.05, 0.1) is 6.54 Å². The summed E-state index contributed by atoms with van der Waals surface area (Å²) >= 11 is 0. The number of carbonyl (C=O) groups excluding carboxylic acids is 3. The second-order valence-electron chi connectivity index (χ2n) is 7.45. The van der Waals surface area contributed by atoms with E-state index in [1.54, 1.807) is 24.3 Å². The van der Waals surface area contributed by atoms with Crippen LogP contribution in [0.3, 0.4) is 0 Å². The normalized spacial score (nSPS) is 11.0. The molecule has 3 N–H and O–H groups in total. The van der Waals surface area contributed by atoms with E-state index in [9.17, 15) is 14.4 Å². The van der Waals surface area contributed by atoms with Gasteiger partial charge in [-0.1, -0.05) is 6.07 Å². The molecule has 0 saturated heterocycles. The predicted molar refractivity (Wildman–Crippen MR) is 103 cm³/mol. The van der Waals surface area contributed by atoms with Crippen molar-refractivity contribution in [2.75, 3.05) is 18.4 Å². The fourth-order valence-corrected chi connectivity index (χ4v) is 2.30. The Morgan fingerprint density at radius 2 is 1.81 bits per heavy atom.